The molecule has 2 rings (SSSR count). The molecule has 1 saturated carbocycles. The first-order valence-corrected chi connectivity index (χ1v) is 7.26. The van der Waals surface area contributed by atoms with Crippen molar-refractivity contribution in [3.8, 4) is 0 Å². The van der Waals surface area contributed by atoms with E-state index in [0.717, 1.165) is 18.1 Å². The first-order chi connectivity index (χ1) is 9.52. The number of rotatable bonds is 7. The molecule has 1 heterocycles. The number of hydrogen-bond acceptors (Lipinski definition) is 4. The molecule has 0 spiro atoms. The fourth-order valence-corrected chi connectivity index (χ4v) is 2.45. The first-order valence-electron chi connectivity index (χ1n) is 7.26. The fourth-order valence-electron chi connectivity index (χ4n) is 2.45. The molecular formula is C14H25N5O. The SMILES string of the molecule is CCNC(=O)CN(C)c1c(CNC2CC2)c(C)nn1C. The van der Waals surface area contributed by atoms with Gasteiger partial charge >= 0.3 is 0 Å². The van der Waals surface area contributed by atoms with E-state index in [1.54, 1.807) is 0 Å². The average Bonchev–Trinajstić information content (AvgIpc) is 3.13. The number of hydrogen-bond donors (Lipinski definition) is 2. The Morgan fingerprint density at radius 1 is 1.50 bits per heavy atom. The molecule has 1 amide bonds. The largest absolute Gasteiger partial charge is 0.355 e. The average molecular weight is 279 g/mol. The standard InChI is InChI=1S/C14H25N5O/c1-5-15-13(20)9-18(3)14-12(8-16-11-6-7-11)10(2)17-19(14)4/h11,16H,5-9H2,1-4H3,(H,15,20). The predicted octanol–water partition coefficient (Wildman–Crippen LogP) is 0.553. The zero-order chi connectivity index (χ0) is 14.7. The van der Waals surface area contributed by atoms with Crippen LogP contribution in [0.15, 0.2) is 0 Å². The van der Waals surface area contributed by atoms with Gasteiger partial charge in [0.25, 0.3) is 0 Å². The normalized spacial score (nSPS) is 14.4. The van der Waals surface area contributed by atoms with Crippen LogP contribution in [-0.4, -0.2) is 41.9 Å². The van der Waals surface area contributed by atoms with Gasteiger partial charge in [-0.15, -0.1) is 0 Å². The molecule has 6 nitrogen and oxygen atoms in total. The van der Waals surface area contributed by atoms with Crippen LogP contribution in [-0.2, 0) is 18.4 Å². The molecule has 1 aromatic heterocycles. The van der Waals surface area contributed by atoms with E-state index in [9.17, 15) is 4.79 Å². The summed E-state index contributed by atoms with van der Waals surface area (Å²) in [5.74, 6) is 1.05. The van der Waals surface area contributed by atoms with Gasteiger partial charge in [-0.1, -0.05) is 0 Å². The van der Waals surface area contributed by atoms with Crippen LogP contribution in [0.25, 0.3) is 0 Å². The lowest BCUT2D eigenvalue weighted by Crippen LogP contribution is -2.36. The molecule has 20 heavy (non-hydrogen) atoms. The summed E-state index contributed by atoms with van der Waals surface area (Å²) in [6, 6.07) is 0.663. The Bertz CT molecular complexity index is 478. The molecule has 112 valence electrons. The Balaban J connectivity index is 2.09. The maximum absolute atomic E-state index is 11.7. The zero-order valence-electron chi connectivity index (χ0n) is 12.9. The van der Waals surface area contributed by atoms with Crippen LogP contribution in [0.4, 0.5) is 5.82 Å². The van der Waals surface area contributed by atoms with Crippen molar-refractivity contribution in [3.05, 3.63) is 11.3 Å². The topological polar surface area (TPSA) is 62.2 Å². The van der Waals surface area contributed by atoms with Crippen molar-refractivity contribution in [1.29, 1.82) is 0 Å². The molecule has 1 aliphatic rings. The van der Waals surface area contributed by atoms with Gasteiger partial charge in [0.05, 0.1) is 12.2 Å². The van der Waals surface area contributed by atoms with Crippen molar-refractivity contribution in [2.45, 2.75) is 39.3 Å². The Hall–Kier alpha value is -1.56. The second-order valence-electron chi connectivity index (χ2n) is 5.48. The highest BCUT2D eigenvalue weighted by Crippen LogP contribution is 2.24. The summed E-state index contributed by atoms with van der Waals surface area (Å²) in [6.07, 6.45) is 2.53. The Kier molecular flexibility index (Phi) is 4.65. The molecule has 0 unspecified atom stereocenters. The monoisotopic (exact) mass is 279 g/mol. The molecular weight excluding hydrogens is 254 g/mol. The quantitative estimate of drug-likeness (QED) is 0.765. The third-order valence-corrected chi connectivity index (χ3v) is 3.57. The van der Waals surface area contributed by atoms with Gasteiger partial charge in [-0.05, 0) is 26.7 Å². The first kappa shape index (κ1) is 14.8. The number of aryl methyl sites for hydroxylation is 2. The van der Waals surface area contributed by atoms with Gasteiger partial charge in [0, 0.05) is 38.8 Å². The summed E-state index contributed by atoms with van der Waals surface area (Å²) in [4.78, 5) is 13.7. The van der Waals surface area contributed by atoms with Crippen LogP contribution < -0.4 is 15.5 Å². The van der Waals surface area contributed by atoms with Crippen LogP contribution in [0, 0.1) is 6.92 Å². The van der Waals surface area contributed by atoms with Crippen LogP contribution in [0.2, 0.25) is 0 Å². The molecule has 0 aliphatic heterocycles. The number of nitrogens with zero attached hydrogens (tertiary/aromatic N) is 3. The van der Waals surface area contributed by atoms with Crippen LogP contribution in [0.5, 0.6) is 0 Å². The number of likely N-dealkylation sites (N-methyl/N-ethyl adjacent to an activating group) is 2. The van der Waals surface area contributed by atoms with Gasteiger partial charge < -0.3 is 15.5 Å². The summed E-state index contributed by atoms with van der Waals surface area (Å²) >= 11 is 0. The van der Waals surface area contributed by atoms with Crippen molar-refractivity contribution < 1.29 is 4.79 Å². The molecule has 0 bridgehead atoms. The van der Waals surface area contributed by atoms with Crippen molar-refractivity contribution in [3.63, 3.8) is 0 Å². The molecule has 0 aromatic carbocycles. The number of aromatic nitrogens is 2. The van der Waals surface area contributed by atoms with Gasteiger partial charge in [-0.3, -0.25) is 9.48 Å². The van der Waals surface area contributed by atoms with Crippen molar-refractivity contribution in [2.75, 3.05) is 25.0 Å². The second-order valence-corrected chi connectivity index (χ2v) is 5.48. The second kappa shape index (κ2) is 6.26. The highest BCUT2D eigenvalue weighted by molar-refractivity contribution is 5.81. The van der Waals surface area contributed by atoms with Crippen LogP contribution >= 0.6 is 0 Å². The highest BCUT2D eigenvalue weighted by Gasteiger charge is 2.23. The number of amides is 1. The molecule has 2 N–H and O–H groups in total. The maximum Gasteiger partial charge on any atom is 0.239 e. The molecule has 1 aliphatic carbocycles. The van der Waals surface area contributed by atoms with Gasteiger partial charge in [0.2, 0.25) is 5.91 Å². The van der Waals surface area contributed by atoms with Crippen LogP contribution in [0.1, 0.15) is 31.0 Å². The van der Waals surface area contributed by atoms with Gasteiger partial charge in [0.1, 0.15) is 5.82 Å². The van der Waals surface area contributed by atoms with E-state index in [2.05, 4.69) is 15.7 Å². The number of anilines is 1. The van der Waals surface area contributed by atoms with Crippen molar-refractivity contribution in [1.82, 2.24) is 20.4 Å². The molecule has 1 aromatic rings. The van der Waals surface area contributed by atoms with Gasteiger partial charge in [-0.25, -0.2) is 0 Å². The Morgan fingerprint density at radius 2 is 2.20 bits per heavy atom. The van der Waals surface area contributed by atoms with E-state index in [1.165, 1.54) is 18.4 Å². The molecule has 0 radical (unpaired) electrons. The minimum atomic E-state index is 0.0370. The number of carbonyl (C=O) groups excluding carboxylic acids is 1. The summed E-state index contributed by atoms with van der Waals surface area (Å²) in [7, 11) is 3.86. The minimum absolute atomic E-state index is 0.0370. The summed E-state index contributed by atoms with van der Waals surface area (Å²) in [6.45, 7) is 5.78. The number of carbonyl (C=O) groups is 1. The van der Waals surface area contributed by atoms with Crippen LogP contribution in [0.3, 0.4) is 0 Å². The lowest BCUT2D eigenvalue weighted by Gasteiger charge is -2.20. The van der Waals surface area contributed by atoms with Crippen molar-refractivity contribution in [2.24, 2.45) is 7.05 Å². The Labute approximate surface area is 120 Å². The molecule has 1 fully saturated rings. The minimum Gasteiger partial charge on any atom is -0.355 e. The fraction of sp³-hybridized carbons (Fsp3) is 0.714. The Morgan fingerprint density at radius 3 is 2.80 bits per heavy atom. The van der Waals surface area contributed by atoms with E-state index >= 15 is 0 Å². The van der Waals surface area contributed by atoms with Gasteiger partial charge in [-0.2, -0.15) is 5.10 Å². The highest BCUT2D eigenvalue weighted by atomic mass is 16.2. The van der Waals surface area contributed by atoms with E-state index in [4.69, 9.17) is 0 Å². The van der Waals surface area contributed by atoms with E-state index in [-0.39, 0.29) is 5.91 Å². The maximum atomic E-state index is 11.7. The lowest BCUT2D eigenvalue weighted by atomic mass is 10.2. The van der Waals surface area contributed by atoms with E-state index < -0.39 is 0 Å². The predicted molar refractivity (Wildman–Crippen MR) is 79.8 cm³/mol. The van der Waals surface area contributed by atoms with Gasteiger partial charge in [0.15, 0.2) is 0 Å². The molecule has 6 heteroatoms. The molecule has 0 atom stereocenters. The molecule has 0 saturated heterocycles. The smallest absolute Gasteiger partial charge is 0.239 e. The third kappa shape index (κ3) is 3.50. The number of nitrogens with one attached hydrogen (secondary N) is 2. The van der Waals surface area contributed by atoms with Crippen molar-refractivity contribution >= 4 is 11.7 Å². The summed E-state index contributed by atoms with van der Waals surface area (Å²) in [5, 5.41) is 10.8. The van der Waals surface area contributed by atoms with E-state index in [0.29, 0.717) is 19.1 Å². The zero-order valence-corrected chi connectivity index (χ0v) is 12.9. The summed E-state index contributed by atoms with van der Waals surface area (Å²) in [5.41, 5.74) is 2.21. The van der Waals surface area contributed by atoms with E-state index in [1.807, 2.05) is 37.5 Å². The lowest BCUT2D eigenvalue weighted by molar-refractivity contribution is -0.119. The summed E-state index contributed by atoms with van der Waals surface area (Å²) < 4.78 is 1.86. The third-order valence-electron chi connectivity index (χ3n) is 3.57.